The zero-order valence-electron chi connectivity index (χ0n) is 15.3. The molecule has 1 atom stereocenters. The number of fused-ring (bicyclic) bond motifs is 1. The van der Waals surface area contributed by atoms with Crippen molar-refractivity contribution < 1.29 is 0 Å². The second-order valence-corrected chi connectivity index (χ2v) is 6.81. The molecule has 2 aromatic rings. The van der Waals surface area contributed by atoms with Gasteiger partial charge < -0.3 is 0 Å². The average molecular weight is 317 g/mol. The van der Waals surface area contributed by atoms with E-state index in [4.69, 9.17) is 4.99 Å². The highest BCUT2D eigenvalue weighted by Gasteiger charge is 2.22. The monoisotopic (exact) mass is 317 g/mol. The predicted molar refractivity (Wildman–Crippen MR) is 107 cm³/mol. The van der Waals surface area contributed by atoms with E-state index in [1.807, 2.05) is 0 Å². The van der Waals surface area contributed by atoms with Crippen LogP contribution in [0.1, 0.15) is 51.7 Å². The number of allylic oxidation sites excluding steroid dienone is 4. The Kier molecular flexibility index (Phi) is 4.99. The molecule has 0 aliphatic heterocycles. The zero-order valence-corrected chi connectivity index (χ0v) is 15.3. The molecule has 0 aromatic heterocycles. The van der Waals surface area contributed by atoms with Gasteiger partial charge in [-0.05, 0) is 47.8 Å². The fraction of sp³-hybridized carbons (Fsp3) is 0.348. The maximum absolute atomic E-state index is 4.72. The van der Waals surface area contributed by atoms with Crippen LogP contribution >= 0.6 is 0 Å². The van der Waals surface area contributed by atoms with Crippen LogP contribution in [0.3, 0.4) is 0 Å². The van der Waals surface area contributed by atoms with Crippen molar-refractivity contribution in [1.82, 2.24) is 0 Å². The van der Waals surface area contributed by atoms with Gasteiger partial charge in [0, 0.05) is 24.2 Å². The molecule has 24 heavy (non-hydrogen) atoms. The highest BCUT2D eigenvalue weighted by Crippen LogP contribution is 2.40. The van der Waals surface area contributed by atoms with Crippen molar-refractivity contribution >= 4 is 22.6 Å². The first-order valence-corrected chi connectivity index (χ1v) is 9.05. The van der Waals surface area contributed by atoms with Gasteiger partial charge in [0.15, 0.2) is 0 Å². The number of nitrogens with zero attached hydrogens (tertiary/aromatic N) is 1. The van der Waals surface area contributed by atoms with Crippen LogP contribution in [0.4, 0.5) is 0 Å². The first kappa shape index (κ1) is 16.7. The van der Waals surface area contributed by atoms with Crippen molar-refractivity contribution in [3.05, 3.63) is 64.7 Å². The summed E-state index contributed by atoms with van der Waals surface area (Å²) in [6.45, 7) is 9.88. The number of unbranched alkanes of at least 4 members (excludes halogenated alkanes) is 1. The Bertz CT molecular complexity index is 836. The molecular weight excluding hydrogens is 290 g/mol. The van der Waals surface area contributed by atoms with Gasteiger partial charge >= 0.3 is 0 Å². The summed E-state index contributed by atoms with van der Waals surface area (Å²) in [6.07, 6.45) is 6.81. The minimum Gasteiger partial charge on any atom is -0.293 e. The van der Waals surface area contributed by atoms with Crippen LogP contribution in [0.5, 0.6) is 0 Å². The molecule has 0 amide bonds. The summed E-state index contributed by atoms with van der Waals surface area (Å²) < 4.78 is 0. The number of hydrogen-bond acceptors (Lipinski definition) is 1. The maximum atomic E-state index is 4.72. The summed E-state index contributed by atoms with van der Waals surface area (Å²) in [4.78, 5) is 4.72. The van der Waals surface area contributed by atoms with Gasteiger partial charge in [-0.1, -0.05) is 68.3 Å². The number of benzene rings is 2. The normalized spacial score (nSPS) is 18.0. The van der Waals surface area contributed by atoms with Gasteiger partial charge in [-0.15, -0.1) is 0 Å². The highest BCUT2D eigenvalue weighted by atomic mass is 14.7. The number of hydrogen-bond donors (Lipinski definition) is 0. The Hall–Kier alpha value is -2.15. The van der Waals surface area contributed by atoms with Crippen LogP contribution in [-0.2, 0) is 0 Å². The van der Waals surface area contributed by atoms with Crippen LogP contribution in [0.25, 0.3) is 16.3 Å². The van der Waals surface area contributed by atoms with Crippen molar-refractivity contribution in [3.8, 4) is 0 Å². The molecular formula is C23H27N. The summed E-state index contributed by atoms with van der Waals surface area (Å²) in [7, 11) is 0. The summed E-state index contributed by atoms with van der Waals surface area (Å²) in [5, 5.41) is 2.58. The van der Waals surface area contributed by atoms with Gasteiger partial charge in [0.1, 0.15) is 0 Å². The third kappa shape index (κ3) is 3.08. The molecule has 1 aliphatic rings. The lowest BCUT2D eigenvalue weighted by atomic mass is 9.88. The van der Waals surface area contributed by atoms with Gasteiger partial charge in [0.2, 0.25) is 0 Å². The van der Waals surface area contributed by atoms with Crippen LogP contribution < -0.4 is 0 Å². The second kappa shape index (κ2) is 7.17. The number of aliphatic imine (C=N–C) groups is 1. The molecule has 0 N–H and O–H groups in total. The first-order valence-electron chi connectivity index (χ1n) is 9.05. The lowest BCUT2D eigenvalue weighted by Crippen LogP contribution is -2.00. The van der Waals surface area contributed by atoms with Gasteiger partial charge in [0.25, 0.3) is 0 Å². The largest absolute Gasteiger partial charge is 0.293 e. The van der Waals surface area contributed by atoms with Crippen LogP contribution in [0.2, 0.25) is 0 Å². The van der Waals surface area contributed by atoms with E-state index in [0.29, 0.717) is 5.92 Å². The molecule has 1 heteroatoms. The van der Waals surface area contributed by atoms with Crippen LogP contribution in [0.15, 0.2) is 58.6 Å². The molecule has 0 bridgehead atoms. The van der Waals surface area contributed by atoms with Crippen LogP contribution in [-0.4, -0.2) is 12.8 Å². The van der Waals surface area contributed by atoms with E-state index in [9.17, 15) is 0 Å². The molecule has 0 spiro atoms. The molecule has 0 radical (unpaired) electrons. The van der Waals surface area contributed by atoms with E-state index in [1.54, 1.807) is 0 Å². The van der Waals surface area contributed by atoms with Gasteiger partial charge in [-0.2, -0.15) is 0 Å². The molecule has 0 saturated heterocycles. The Morgan fingerprint density at radius 2 is 1.88 bits per heavy atom. The van der Waals surface area contributed by atoms with E-state index in [0.717, 1.165) is 13.0 Å². The van der Waals surface area contributed by atoms with E-state index in [-0.39, 0.29) is 0 Å². The SMILES string of the molecule is CCCC/N=C/c1c(C2=C(C)C(C)=CC2C)ccc2ccccc12. The molecule has 0 heterocycles. The Morgan fingerprint density at radius 3 is 2.58 bits per heavy atom. The topological polar surface area (TPSA) is 12.4 Å². The smallest absolute Gasteiger partial charge is 0.0389 e. The lowest BCUT2D eigenvalue weighted by Gasteiger charge is -2.16. The molecule has 1 nitrogen and oxygen atoms in total. The zero-order chi connectivity index (χ0) is 17.1. The molecule has 1 aliphatic carbocycles. The molecule has 0 saturated carbocycles. The number of rotatable bonds is 5. The Labute approximate surface area is 145 Å². The van der Waals surface area contributed by atoms with Crippen molar-refractivity contribution in [2.45, 2.75) is 40.5 Å². The third-order valence-electron chi connectivity index (χ3n) is 5.07. The molecule has 124 valence electrons. The fourth-order valence-electron chi connectivity index (χ4n) is 3.66. The minimum absolute atomic E-state index is 0.467. The van der Waals surface area contributed by atoms with E-state index in [1.165, 1.54) is 45.0 Å². The minimum atomic E-state index is 0.467. The van der Waals surface area contributed by atoms with Crippen molar-refractivity contribution in [2.75, 3.05) is 6.54 Å². The Balaban J connectivity index is 2.16. The van der Waals surface area contributed by atoms with E-state index >= 15 is 0 Å². The molecule has 1 unspecified atom stereocenters. The average Bonchev–Trinajstić information content (AvgIpc) is 2.84. The predicted octanol–water partition coefficient (Wildman–Crippen LogP) is 6.43. The van der Waals surface area contributed by atoms with E-state index < -0.39 is 0 Å². The molecule has 2 aromatic carbocycles. The van der Waals surface area contributed by atoms with Crippen molar-refractivity contribution in [2.24, 2.45) is 10.9 Å². The second-order valence-electron chi connectivity index (χ2n) is 6.81. The van der Waals surface area contributed by atoms with Gasteiger partial charge in [-0.25, -0.2) is 0 Å². The maximum Gasteiger partial charge on any atom is 0.0389 e. The fourth-order valence-corrected chi connectivity index (χ4v) is 3.66. The quantitative estimate of drug-likeness (QED) is 0.445. The first-order chi connectivity index (χ1) is 11.6. The van der Waals surface area contributed by atoms with E-state index in [2.05, 4.69) is 76.4 Å². The third-order valence-corrected chi connectivity index (χ3v) is 5.07. The summed E-state index contributed by atoms with van der Waals surface area (Å²) in [5.41, 5.74) is 6.89. The standard InChI is InChI=1S/C23H27N/c1-5-6-13-24-15-22-20-10-8-7-9-19(20)11-12-21(22)23-17(3)14-16(2)18(23)4/h7-12,14-15,17H,5-6,13H2,1-4H3/b24-15+. The van der Waals surface area contributed by atoms with Gasteiger partial charge in [-0.3, -0.25) is 4.99 Å². The van der Waals surface area contributed by atoms with Crippen LogP contribution in [0, 0.1) is 5.92 Å². The van der Waals surface area contributed by atoms with Gasteiger partial charge in [0.05, 0.1) is 0 Å². The summed E-state index contributed by atoms with van der Waals surface area (Å²) >= 11 is 0. The van der Waals surface area contributed by atoms with Crippen molar-refractivity contribution in [1.29, 1.82) is 0 Å². The summed E-state index contributed by atoms with van der Waals surface area (Å²) in [5.74, 6) is 0.467. The molecule has 3 rings (SSSR count). The van der Waals surface area contributed by atoms with Crippen molar-refractivity contribution in [3.63, 3.8) is 0 Å². The lowest BCUT2D eigenvalue weighted by molar-refractivity contribution is 0.810. The highest BCUT2D eigenvalue weighted by molar-refractivity contribution is 6.05. The Morgan fingerprint density at radius 1 is 1.08 bits per heavy atom. The summed E-state index contributed by atoms with van der Waals surface area (Å²) in [6, 6.07) is 13.2. The molecule has 0 fully saturated rings.